The summed E-state index contributed by atoms with van der Waals surface area (Å²) in [6.45, 7) is 6.66. The minimum absolute atomic E-state index is 0.110. The molecule has 2 aromatic rings. The molecule has 0 aliphatic rings. The Kier molecular flexibility index (Phi) is 6.02. The Hall–Kier alpha value is -3.00. The van der Waals surface area contributed by atoms with E-state index < -0.39 is 5.97 Å². The Morgan fingerprint density at radius 3 is 2.52 bits per heavy atom. The lowest BCUT2D eigenvalue weighted by molar-refractivity contribution is -0.114. The van der Waals surface area contributed by atoms with Gasteiger partial charge < -0.3 is 10.1 Å². The molecule has 0 spiro atoms. The van der Waals surface area contributed by atoms with Gasteiger partial charge in [-0.25, -0.2) is 9.78 Å². The van der Waals surface area contributed by atoms with Crippen LogP contribution in [-0.2, 0) is 9.53 Å². The fourth-order valence-electron chi connectivity index (χ4n) is 1.92. The SMILES string of the molecule is C=CCOC(=O)c1sc(NC(=O)c2ccc(NC(C)=O)cc2)nc1C. The zero-order valence-corrected chi connectivity index (χ0v) is 14.6. The number of hydrogen-bond acceptors (Lipinski definition) is 6. The van der Waals surface area contributed by atoms with Gasteiger partial charge in [-0.05, 0) is 31.2 Å². The first-order valence-corrected chi connectivity index (χ1v) is 8.16. The molecular formula is C17H17N3O4S. The van der Waals surface area contributed by atoms with Crippen molar-refractivity contribution in [3.8, 4) is 0 Å². The van der Waals surface area contributed by atoms with Crippen LogP contribution < -0.4 is 10.6 Å². The lowest BCUT2D eigenvalue weighted by atomic mass is 10.2. The fourth-order valence-corrected chi connectivity index (χ4v) is 2.77. The molecule has 0 fully saturated rings. The van der Waals surface area contributed by atoms with Crippen molar-refractivity contribution < 1.29 is 19.1 Å². The molecule has 7 nitrogen and oxygen atoms in total. The molecule has 0 saturated heterocycles. The van der Waals surface area contributed by atoms with E-state index in [1.54, 1.807) is 31.2 Å². The number of aromatic nitrogens is 1. The average Bonchev–Trinajstić information content (AvgIpc) is 2.93. The number of carbonyl (C=O) groups is 3. The molecule has 2 rings (SSSR count). The van der Waals surface area contributed by atoms with Crippen molar-refractivity contribution in [1.82, 2.24) is 4.98 Å². The number of ether oxygens (including phenoxy) is 1. The first-order chi connectivity index (χ1) is 11.9. The van der Waals surface area contributed by atoms with Gasteiger partial charge in [0.1, 0.15) is 11.5 Å². The smallest absolute Gasteiger partial charge is 0.350 e. The third kappa shape index (κ3) is 4.98. The van der Waals surface area contributed by atoms with Crippen LogP contribution in [0.25, 0.3) is 0 Å². The Bertz CT molecular complexity index is 812. The molecule has 8 heteroatoms. The molecular weight excluding hydrogens is 342 g/mol. The van der Waals surface area contributed by atoms with Crippen molar-refractivity contribution in [3.63, 3.8) is 0 Å². The summed E-state index contributed by atoms with van der Waals surface area (Å²) in [5.41, 5.74) is 1.48. The van der Waals surface area contributed by atoms with Crippen LogP contribution in [0.1, 0.15) is 32.6 Å². The summed E-state index contributed by atoms with van der Waals surface area (Å²) in [7, 11) is 0. The van der Waals surface area contributed by atoms with Crippen molar-refractivity contribution >= 4 is 39.9 Å². The third-order valence-corrected chi connectivity index (χ3v) is 4.06. The monoisotopic (exact) mass is 359 g/mol. The topological polar surface area (TPSA) is 97.4 Å². The van der Waals surface area contributed by atoms with Gasteiger partial charge in [0.25, 0.3) is 5.91 Å². The predicted molar refractivity (Wildman–Crippen MR) is 96.0 cm³/mol. The highest BCUT2D eigenvalue weighted by Crippen LogP contribution is 2.24. The second-order valence-corrected chi connectivity index (χ2v) is 6.03. The van der Waals surface area contributed by atoms with Gasteiger partial charge in [-0.15, -0.1) is 0 Å². The van der Waals surface area contributed by atoms with Crippen LogP contribution in [0.5, 0.6) is 0 Å². The maximum absolute atomic E-state index is 12.2. The number of rotatable bonds is 6. The molecule has 0 bridgehead atoms. The van der Waals surface area contributed by atoms with Crippen LogP contribution in [0.15, 0.2) is 36.9 Å². The number of hydrogen-bond donors (Lipinski definition) is 2. The molecule has 0 radical (unpaired) electrons. The molecule has 1 aromatic heterocycles. The molecule has 0 aliphatic carbocycles. The zero-order chi connectivity index (χ0) is 18.4. The quantitative estimate of drug-likeness (QED) is 0.610. The number of aryl methyl sites for hydroxylation is 1. The maximum atomic E-state index is 12.2. The molecule has 130 valence electrons. The van der Waals surface area contributed by atoms with Gasteiger partial charge in [0.15, 0.2) is 5.13 Å². The Morgan fingerprint density at radius 1 is 1.24 bits per heavy atom. The molecule has 0 unspecified atom stereocenters. The molecule has 0 aliphatic heterocycles. The molecule has 1 aromatic carbocycles. The van der Waals surface area contributed by atoms with E-state index in [0.717, 1.165) is 11.3 Å². The minimum Gasteiger partial charge on any atom is -0.457 e. The summed E-state index contributed by atoms with van der Waals surface area (Å²) >= 11 is 1.04. The van der Waals surface area contributed by atoms with Crippen LogP contribution in [-0.4, -0.2) is 29.4 Å². The second kappa shape index (κ2) is 8.20. The fraction of sp³-hybridized carbons (Fsp3) is 0.176. The summed E-state index contributed by atoms with van der Waals surface area (Å²) in [6, 6.07) is 6.42. The van der Waals surface area contributed by atoms with Crippen LogP contribution in [0.3, 0.4) is 0 Å². The number of thiazole rings is 1. The number of anilines is 2. The van der Waals surface area contributed by atoms with Crippen LogP contribution in [0.4, 0.5) is 10.8 Å². The third-order valence-electron chi connectivity index (χ3n) is 3.00. The number of nitrogens with one attached hydrogen (secondary N) is 2. The molecule has 0 saturated carbocycles. The van der Waals surface area contributed by atoms with Gasteiger partial charge in [-0.3, -0.25) is 14.9 Å². The summed E-state index contributed by atoms with van der Waals surface area (Å²) in [6.07, 6.45) is 1.47. The van der Waals surface area contributed by atoms with Gasteiger partial charge in [-0.2, -0.15) is 0 Å². The standard InChI is InChI=1S/C17H17N3O4S/c1-4-9-24-16(23)14-10(2)18-17(25-14)20-15(22)12-5-7-13(8-6-12)19-11(3)21/h4-8H,1,9H2,2-3H3,(H,19,21)(H,18,20,22). The predicted octanol–water partition coefficient (Wildman–Crippen LogP) is 3.01. The zero-order valence-electron chi connectivity index (χ0n) is 13.8. The average molecular weight is 359 g/mol. The first kappa shape index (κ1) is 18.3. The maximum Gasteiger partial charge on any atom is 0.350 e. The summed E-state index contributed by atoms with van der Waals surface area (Å²) in [4.78, 5) is 39.6. The molecule has 25 heavy (non-hydrogen) atoms. The minimum atomic E-state index is -0.505. The lowest BCUT2D eigenvalue weighted by Crippen LogP contribution is -2.12. The Balaban J connectivity index is 2.06. The first-order valence-electron chi connectivity index (χ1n) is 7.35. The van der Waals surface area contributed by atoms with E-state index in [-0.39, 0.29) is 18.4 Å². The number of carbonyl (C=O) groups excluding carboxylic acids is 3. The van der Waals surface area contributed by atoms with Crippen LogP contribution >= 0.6 is 11.3 Å². The highest BCUT2D eigenvalue weighted by molar-refractivity contribution is 7.17. The molecule has 1 heterocycles. The van der Waals surface area contributed by atoms with E-state index in [4.69, 9.17) is 4.74 Å². The second-order valence-electron chi connectivity index (χ2n) is 5.03. The van der Waals surface area contributed by atoms with Crippen molar-refractivity contribution in [2.45, 2.75) is 13.8 Å². The molecule has 0 atom stereocenters. The van der Waals surface area contributed by atoms with Crippen molar-refractivity contribution in [2.75, 3.05) is 17.2 Å². The van der Waals surface area contributed by atoms with Gasteiger partial charge in [0.2, 0.25) is 5.91 Å². The van der Waals surface area contributed by atoms with Crippen molar-refractivity contribution in [2.24, 2.45) is 0 Å². The van der Waals surface area contributed by atoms with E-state index in [0.29, 0.717) is 27.0 Å². The highest BCUT2D eigenvalue weighted by Gasteiger charge is 2.18. The van der Waals surface area contributed by atoms with Crippen LogP contribution in [0, 0.1) is 6.92 Å². The summed E-state index contributed by atoms with van der Waals surface area (Å²) in [5.74, 6) is -1.06. The van der Waals surface area contributed by atoms with Gasteiger partial charge in [0.05, 0.1) is 5.69 Å². The van der Waals surface area contributed by atoms with E-state index in [9.17, 15) is 14.4 Å². The van der Waals surface area contributed by atoms with E-state index in [2.05, 4.69) is 22.2 Å². The number of esters is 1. The van der Waals surface area contributed by atoms with Crippen molar-refractivity contribution in [1.29, 1.82) is 0 Å². The summed E-state index contributed by atoms with van der Waals surface area (Å²) in [5, 5.41) is 5.57. The summed E-state index contributed by atoms with van der Waals surface area (Å²) < 4.78 is 4.97. The molecule has 2 N–H and O–H groups in total. The van der Waals surface area contributed by atoms with Gasteiger partial charge in [-0.1, -0.05) is 24.0 Å². The number of amides is 2. The lowest BCUT2D eigenvalue weighted by Gasteiger charge is -2.04. The number of nitrogens with zero attached hydrogens (tertiary/aromatic N) is 1. The van der Waals surface area contributed by atoms with Gasteiger partial charge in [0, 0.05) is 18.2 Å². The van der Waals surface area contributed by atoms with E-state index in [1.807, 2.05) is 0 Å². The highest BCUT2D eigenvalue weighted by atomic mass is 32.1. The van der Waals surface area contributed by atoms with Crippen molar-refractivity contribution in [3.05, 3.63) is 53.1 Å². The largest absolute Gasteiger partial charge is 0.457 e. The van der Waals surface area contributed by atoms with Gasteiger partial charge >= 0.3 is 5.97 Å². The van der Waals surface area contributed by atoms with Crippen LogP contribution in [0.2, 0.25) is 0 Å². The van der Waals surface area contributed by atoms with E-state index in [1.165, 1.54) is 13.0 Å². The van der Waals surface area contributed by atoms with E-state index >= 15 is 0 Å². The number of benzene rings is 1. The normalized spacial score (nSPS) is 10.0. The Morgan fingerprint density at radius 2 is 1.92 bits per heavy atom. The Labute approximate surface area is 148 Å². The molecule has 2 amide bonds.